The van der Waals surface area contributed by atoms with E-state index in [2.05, 4.69) is 36.4 Å². The summed E-state index contributed by atoms with van der Waals surface area (Å²) in [6.07, 6.45) is 1.82. The largest absolute Gasteiger partial charge is 0.495 e. The lowest BCUT2D eigenvalue weighted by atomic mass is 10.1. The maximum atomic E-state index is 9.48. The first-order valence-electron chi connectivity index (χ1n) is 11.3. The Bertz CT molecular complexity index is 1380. The van der Waals surface area contributed by atoms with Crippen LogP contribution in [0.25, 0.3) is 10.8 Å². The highest BCUT2D eigenvalue weighted by molar-refractivity contribution is 6.32. The Morgan fingerprint density at radius 2 is 1.83 bits per heavy atom. The summed E-state index contributed by atoms with van der Waals surface area (Å²) >= 11 is 6.27. The topological polar surface area (TPSA) is 90.2 Å². The Morgan fingerprint density at radius 3 is 2.54 bits per heavy atom. The van der Waals surface area contributed by atoms with Crippen molar-refractivity contribution in [1.82, 2.24) is 15.2 Å². The standard InChI is InChI=1S/C26H24ClN7O/c1-35-23-8-6-19(15-22(23)27)17-30-25-21-14-18(16-28)5-7-20(21)26(32-31-25)34-12-10-33(11-13-34)24-4-2-3-9-29-24/h2-9,14-15H,10-13,17H2,1H3,(H,30,31). The number of nitrogens with zero attached hydrogens (tertiary/aromatic N) is 6. The zero-order valence-electron chi connectivity index (χ0n) is 19.3. The van der Waals surface area contributed by atoms with Gasteiger partial charge in [0.2, 0.25) is 0 Å². The second kappa shape index (κ2) is 10.0. The highest BCUT2D eigenvalue weighted by Gasteiger charge is 2.22. The van der Waals surface area contributed by atoms with Crippen LogP contribution in [0.15, 0.2) is 60.8 Å². The number of benzene rings is 2. The van der Waals surface area contributed by atoms with Gasteiger partial charge < -0.3 is 19.9 Å². The van der Waals surface area contributed by atoms with Crippen molar-refractivity contribution in [2.75, 3.05) is 48.4 Å². The van der Waals surface area contributed by atoms with Gasteiger partial charge in [0.25, 0.3) is 0 Å². The molecule has 0 aliphatic carbocycles. The Morgan fingerprint density at radius 1 is 1.00 bits per heavy atom. The van der Waals surface area contributed by atoms with Crippen LogP contribution in [-0.2, 0) is 6.54 Å². The molecule has 2 aromatic heterocycles. The summed E-state index contributed by atoms with van der Waals surface area (Å²) in [7, 11) is 1.59. The van der Waals surface area contributed by atoms with Crippen molar-refractivity contribution >= 4 is 39.8 Å². The average molecular weight is 486 g/mol. The van der Waals surface area contributed by atoms with E-state index >= 15 is 0 Å². The number of nitriles is 1. The molecule has 9 heteroatoms. The summed E-state index contributed by atoms with van der Waals surface area (Å²) in [5.74, 6) is 3.06. The summed E-state index contributed by atoms with van der Waals surface area (Å²) < 4.78 is 5.23. The molecule has 1 saturated heterocycles. The van der Waals surface area contributed by atoms with Crippen LogP contribution in [0.5, 0.6) is 5.75 Å². The van der Waals surface area contributed by atoms with E-state index in [0.717, 1.165) is 54.2 Å². The summed E-state index contributed by atoms with van der Waals surface area (Å²) in [6, 6.07) is 19.5. The second-order valence-corrected chi connectivity index (χ2v) is 8.64. The highest BCUT2D eigenvalue weighted by atomic mass is 35.5. The molecule has 1 N–H and O–H groups in total. The fourth-order valence-corrected chi connectivity index (χ4v) is 4.55. The van der Waals surface area contributed by atoms with Crippen molar-refractivity contribution in [3.8, 4) is 11.8 Å². The number of halogens is 1. The number of hydrogen-bond donors (Lipinski definition) is 1. The molecule has 1 aliphatic heterocycles. The molecule has 176 valence electrons. The first kappa shape index (κ1) is 22.7. The first-order chi connectivity index (χ1) is 17.2. The molecule has 35 heavy (non-hydrogen) atoms. The number of piperazine rings is 1. The van der Waals surface area contributed by atoms with E-state index in [1.165, 1.54) is 0 Å². The molecule has 0 unspecified atom stereocenters. The van der Waals surface area contributed by atoms with E-state index in [1.807, 2.05) is 60.8 Å². The van der Waals surface area contributed by atoms with Crippen molar-refractivity contribution in [3.05, 3.63) is 76.9 Å². The van der Waals surface area contributed by atoms with Gasteiger partial charge in [0.15, 0.2) is 11.6 Å². The number of hydrogen-bond acceptors (Lipinski definition) is 8. The van der Waals surface area contributed by atoms with Gasteiger partial charge in [-0.05, 0) is 48.0 Å². The number of nitrogens with one attached hydrogen (secondary N) is 1. The third kappa shape index (κ3) is 4.77. The van der Waals surface area contributed by atoms with Crippen LogP contribution >= 0.6 is 11.6 Å². The lowest BCUT2D eigenvalue weighted by Gasteiger charge is -2.36. The first-order valence-corrected chi connectivity index (χ1v) is 11.7. The monoisotopic (exact) mass is 485 g/mol. The van der Waals surface area contributed by atoms with Crippen LogP contribution < -0.4 is 19.9 Å². The summed E-state index contributed by atoms with van der Waals surface area (Å²) in [5, 5.41) is 24.3. The van der Waals surface area contributed by atoms with E-state index in [-0.39, 0.29) is 0 Å². The smallest absolute Gasteiger partial charge is 0.159 e. The van der Waals surface area contributed by atoms with Gasteiger partial charge in [-0.3, -0.25) is 0 Å². The number of aromatic nitrogens is 3. The molecule has 3 heterocycles. The van der Waals surface area contributed by atoms with Crippen molar-refractivity contribution in [1.29, 1.82) is 5.26 Å². The SMILES string of the molecule is COc1ccc(CNc2nnc(N3CCN(c4ccccn4)CC3)c3ccc(C#N)cc23)cc1Cl. The van der Waals surface area contributed by atoms with Crippen LogP contribution in [0, 0.1) is 11.3 Å². The third-order valence-electron chi connectivity index (χ3n) is 6.12. The Hall–Kier alpha value is -4.09. The number of anilines is 3. The minimum Gasteiger partial charge on any atom is -0.495 e. The summed E-state index contributed by atoms with van der Waals surface area (Å²) in [5.41, 5.74) is 1.56. The molecule has 8 nitrogen and oxygen atoms in total. The molecule has 0 amide bonds. The average Bonchev–Trinajstić information content (AvgIpc) is 2.92. The van der Waals surface area contributed by atoms with Crippen LogP contribution in [0.1, 0.15) is 11.1 Å². The van der Waals surface area contributed by atoms with Gasteiger partial charge in [-0.1, -0.05) is 23.7 Å². The molecule has 4 aromatic rings. The molecule has 2 aromatic carbocycles. The lowest BCUT2D eigenvalue weighted by molar-refractivity contribution is 0.415. The number of pyridine rings is 1. The predicted octanol–water partition coefficient (Wildman–Crippen LogP) is 4.50. The van der Waals surface area contributed by atoms with E-state index in [4.69, 9.17) is 16.3 Å². The molecule has 1 aliphatic rings. The third-order valence-corrected chi connectivity index (χ3v) is 6.41. The molecule has 0 atom stereocenters. The van der Waals surface area contributed by atoms with Gasteiger partial charge in [0.1, 0.15) is 11.6 Å². The van der Waals surface area contributed by atoms with Gasteiger partial charge in [0.05, 0.1) is 23.8 Å². The number of fused-ring (bicyclic) bond motifs is 1. The fraction of sp³-hybridized carbons (Fsp3) is 0.231. The van der Waals surface area contributed by atoms with Gasteiger partial charge in [-0.25, -0.2) is 4.98 Å². The van der Waals surface area contributed by atoms with Gasteiger partial charge >= 0.3 is 0 Å². The summed E-state index contributed by atoms with van der Waals surface area (Å²) in [4.78, 5) is 8.98. The van der Waals surface area contributed by atoms with E-state index in [9.17, 15) is 5.26 Å². The minimum absolute atomic E-state index is 0.506. The molecule has 0 radical (unpaired) electrons. The van der Waals surface area contributed by atoms with E-state index in [0.29, 0.717) is 28.7 Å². The Balaban J connectivity index is 1.39. The molecule has 0 spiro atoms. The molecular weight excluding hydrogens is 462 g/mol. The Kier molecular flexibility index (Phi) is 6.51. The lowest BCUT2D eigenvalue weighted by Crippen LogP contribution is -2.47. The van der Waals surface area contributed by atoms with E-state index < -0.39 is 0 Å². The molecule has 1 fully saturated rings. The van der Waals surface area contributed by atoms with Gasteiger partial charge in [-0.15, -0.1) is 10.2 Å². The fourth-order valence-electron chi connectivity index (χ4n) is 4.27. The maximum Gasteiger partial charge on any atom is 0.159 e. The zero-order valence-corrected chi connectivity index (χ0v) is 20.0. The number of rotatable bonds is 6. The number of ether oxygens (including phenoxy) is 1. The zero-order chi connectivity index (χ0) is 24.2. The van der Waals surface area contributed by atoms with Crippen LogP contribution in [0.3, 0.4) is 0 Å². The van der Waals surface area contributed by atoms with Gasteiger partial charge in [0, 0.05) is 49.7 Å². The normalized spacial score (nSPS) is 13.5. The van der Waals surface area contributed by atoms with Crippen LogP contribution in [0.4, 0.5) is 17.5 Å². The van der Waals surface area contributed by atoms with Crippen molar-refractivity contribution in [3.63, 3.8) is 0 Å². The van der Waals surface area contributed by atoms with Gasteiger partial charge in [-0.2, -0.15) is 5.26 Å². The van der Waals surface area contributed by atoms with Crippen molar-refractivity contribution < 1.29 is 4.74 Å². The highest BCUT2D eigenvalue weighted by Crippen LogP contribution is 2.31. The molecule has 0 bridgehead atoms. The van der Waals surface area contributed by atoms with E-state index in [1.54, 1.807) is 7.11 Å². The Labute approximate surface area is 208 Å². The van der Waals surface area contributed by atoms with Crippen molar-refractivity contribution in [2.45, 2.75) is 6.54 Å². The minimum atomic E-state index is 0.506. The number of methoxy groups -OCH3 is 1. The molecule has 5 rings (SSSR count). The predicted molar refractivity (Wildman–Crippen MR) is 138 cm³/mol. The molecular formula is C26H24ClN7O. The van der Waals surface area contributed by atoms with Crippen LogP contribution in [-0.4, -0.2) is 48.5 Å². The summed E-state index contributed by atoms with van der Waals surface area (Å²) in [6.45, 7) is 3.80. The van der Waals surface area contributed by atoms with Crippen molar-refractivity contribution in [2.24, 2.45) is 0 Å². The maximum absolute atomic E-state index is 9.48. The second-order valence-electron chi connectivity index (χ2n) is 8.23. The van der Waals surface area contributed by atoms with Crippen LogP contribution in [0.2, 0.25) is 5.02 Å². The molecule has 0 saturated carbocycles. The quantitative estimate of drug-likeness (QED) is 0.427.